The van der Waals surface area contributed by atoms with Crippen LogP contribution in [0.4, 0.5) is 5.69 Å². The van der Waals surface area contributed by atoms with Crippen LogP contribution in [0.2, 0.25) is 0 Å². The lowest BCUT2D eigenvalue weighted by atomic mass is 10.1. The van der Waals surface area contributed by atoms with Crippen molar-refractivity contribution < 1.29 is 19.1 Å². The number of Topliss-reactive ketones (excluding diaryl/α,β-unsaturated/α-hetero) is 1. The maximum Gasteiger partial charge on any atom is 0.310 e. The molecular weight excluding hydrogens is 330 g/mol. The van der Waals surface area contributed by atoms with Gasteiger partial charge in [-0.25, -0.2) is 0 Å². The Kier molecular flexibility index (Phi) is 5.46. The third-order valence-electron chi connectivity index (χ3n) is 4.51. The van der Waals surface area contributed by atoms with E-state index >= 15 is 0 Å². The minimum absolute atomic E-state index is 0.0688. The lowest BCUT2D eigenvalue weighted by Crippen LogP contribution is -2.24. The van der Waals surface area contributed by atoms with Crippen molar-refractivity contribution in [3.63, 3.8) is 0 Å². The van der Waals surface area contributed by atoms with E-state index < -0.39 is 5.97 Å². The average molecular weight is 351 g/mol. The Balaban J connectivity index is 1.59. The number of hydrogen-bond acceptors (Lipinski definition) is 4. The van der Waals surface area contributed by atoms with E-state index in [0.29, 0.717) is 24.2 Å². The van der Waals surface area contributed by atoms with Gasteiger partial charge in [0, 0.05) is 24.2 Å². The van der Waals surface area contributed by atoms with Crippen LogP contribution in [0.3, 0.4) is 0 Å². The van der Waals surface area contributed by atoms with Crippen LogP contribution in [0.5, 0.6) is 0 Å². The zero-order valence-corrected chi connectivity index (χ0v) is 14.7. The van der Waals surface area contributed by atoms with Crippen LogP contribution in [0.25, 0.3) is 0 Å². The third kappa shape index (κ3) is 4.17. The highest BCUT2D eigenvalue weighted by Crippen LogP contribution is 2.22. The summed E-state index contributed by atoms with van der Waals surface area (Å²) >= 11 is 0. The van der Waals surface area contributed by atoms with Gasteiger partial charge in [0.1, 0.15) is 0 Å². The topological polar surface area (TPSA) is 63.7 Å². The van der Waals surface area contributed by atoms with Gasteiger partial charge < -0.3 is 9.64 Å². The Bertz CT molecular complexity index is 843. The van der Waals surface area contributed by atoms with Crippen LogP contribution in [0.15, 0.2) is 48.5 Å². The van der Waals surface area contributed by atoms with Crippen molar-refractivity contribution in [3.05, 3.63) is 65.2 Å². The van der Waals surface area contributed by atoms with Gasteiger partial charge in [-0.2, -0.15) is 0 Å². The molecule has 1 heterocycles. The predicted octanol–water partition coefficient (Wildman–Crippen LogP) is 3.09. The Morgan fingerprint density at radius 3 is 2.65 bits per heavy atom. The molecule has 0 N–H and O–H groups in total. The quantitative estimate of drug-likeness (QED) is 0.593. The molecule has 0 saturated carbocycles. The summed E-state index contributed by atoms with van der Waals surface area (Å²) in [5.74, 6) is -0.644. The lowest BCUT2D eigenvalue weighted by molar-refractivity contribution is -0.141. The first kappa shape index (κ1) is 17.9. The fourth-order valence-electron chi connectivity index (χ4n) is 3.01. The van der Waals surface area contributed by atoms with Crippen LogP contribution >= 0.6 is 0 Å². The van der Waals surface area contributed by atoms with E-state index in [1.807, 2.05) is 37.3 Å². The number of hydrogen-bond donors (Lipinski definition) is 0. The summed E-state index contributed by atoms with van der Waals surface area (Å²) in [5, 5.41) is 0. The molecule has 0 radical (unpaired) electrons. The second-order valence-electron chi connectivity index (χ2n) is 6.39. The number of carbonyl (C=O) groups excluding carboxylic acids is 3. The highest BCUT2D eigenvalue weighted by atomic mass is 16.5. The second-order valence-corrected chi connectivity index (χ2v) is 6.39. The molecule has 0 unspecified atom stereocenters. The van der Waals surface area contributed by atoms with Crippen molar-refractivity contribution in [2.24, 2.45) is 0 Å². The number of nitrogens with zero attached hydrogens (tertiary/aromatic N) is 1. The van der Waals surface area contributed by atoms with Crippen molar-refractivity contribution in [2.45, 2.75) is 26.2 Å². The molecule has 0 bridgehead atoms. The van der Waals surface area contributed by atoms with E-state index in [1.54, 1.807) is 23.1 Å². The molecule has 0 spiro atoms. The van der Waals surface area contributed by atoms with E-state index in [1.165, 1.54) is 0 Å². The minimum atomic E-state index is -0.432. The first-order valence-corrected chi connectivity index (χ1v) is 8.68. The summed E-state index contributed by atoms with van der Waals surface area (Å²) in [7, 11) is 0. The van der Waals surface area contributed by atoms with Crippen LogP contribution in [0.1, 0.15) is 34.3 Å². The number of carbonyl (C=O) groups is 3. The van der Waals surface area contributed by atoms with E-state index in [9.17, 15) is 14.4 Å². The van der Waals surface area contributed by atoms with Gasteiger partial charge in [0.25, 0.3) is 0 Å². The summed E-state index contributed by atoms with van der Waals surface area (Å²) in [6, 6.07) is 14.5. The number of amides is 1. The lowest BCUT2D eigenvalue weighted by Gasteiger charge is -2.16. The van der Waals surface area contributed by atoms with Gasteiger partial charge in [-0.05, 0) is 36.6 Å². The molecule has 1 saturated heterocycles. The number of aryl methyl sites for hydroxylation is 1. The molecule has 1 amide bonds. The average Bonchev–Trinajstić information content (AvgIpc) is 3.08. The highest BCUT2D eigenvalue weighted by molar-refractivity contribution is 6.01. The standard InChI is InChI=1S/C21H21NO4/c1-15-6-2-3-7-16(15)13-21(25)26-14-19(23)17-8-4-9-18(12-17)22-11-5-10-20(22)24/h2-4,6-9,12H,5,10-11,13-14H2,1H3. The zero-order valence-electron chi connectivity index (χ0n) is 14.7. The number of esters is 1. The van der Waals surface area contributed by atoms with Crippen LogP contribution < -0.4 is 4.90 Å². The van der Waals surface area contributed by atoms with Crippen LogP contribution in [-0.2, 0) is 20.7 Å². The largest absolute Gasteiger partial charge is 0.457 e. The Hall–Kier alpha value is -2.95. The van der Waals surface area contributed by atoms with Gasteiger partial charge in [0.2, 0.25) is 5.91 Å². The van der Waals surface area contributed by atoms with Crippen molar-refractivity contribution in [3.8, 4) is 0 Å². The molecule has 3 rings (SSSR count). The summed E-state index contributed by atoms with van der Waals surface area (Å²) < 4.78 is 5.13. The number of benzene rings is 2. The second kappa shape index (κ2) is 7.95. The van der Waals surface area contributed by atoms with Gasteiger partial charge in [0.15, 0.2) is 12.4 Å². The number of rotatable bonds is 6. The van der Waals surface area contributed by atoms with Crippen molar-refractivity contribution in [2.75, 3.05) is 18.1 Å². The van der Waals surface area contributed by atoms with Crippen LogP contribution in [0, 0.1) is 6.92 Å². The summed E-state index contributed by atoms with van der Waals surface area (Å²) in [6.07, 6.45) is 1.50. The smallest absolute Gasteiger partial charge is 0.310 e. The maximum atomic E-state index is 12.3. The number of ketones is 1. The van der Waals surface area contributed by atoms with Gasteiger partial charge in [-0.15, -0.1) is 0 Å². The SMILES string of the molecule is Cc1ccccc1CC(=O)OCC(=O)c1cccc(N2CCCC2=O)c1. The predicted molar refractivity (Wildman–Crippen MR) is 98.2 cm³/mol. The molecule has 1 aliphatic heterocycles. The molecule has 0 atom stereocenters. The zero-order chi connectivity index (χ0) is 18.5. The maximum absolute atomic E-state index is 12.3. The van der Waals surface area contributed by atoms with E-state index in [2.05, 4.69) is 0 Å². The van der Waals surface area contributed by atoms with Crippen molar-refractivity contribution in [1.82, 2.24) is 0 Å². The molecule has 0 aromatic heterocycles. The minimum Gasteiger partial charge on any atom is -0.457 e. The van der Waals surface area contributed by atoms with Crippen LogP contribution in [-0.4, -0.2) is 30.8 Å². The molecule has 1 fully saturated rings. The normalized spacial score (nSPS) is 13.7. The molecule has 26 heavy (non-hydrogen) atoms. The van der Waals surface area contributed by atoms with Crippen molar-refractivity contribution in [1.29, 1.82) is 0 Å². The Morgan fingerprint density at radius 1 is 1.12 bits per heavy atom. The Morgan fingerprint density at radius 2 is 1.92 bits per heavy atom. The summed E-state index contributed by atoms with van der Waals surface area (Å²) in [4.78, 5) is 37.9. The van der Waals surface area contributed by atoms with Gasteiger partial charge in [-0.3, -0.25) is 14.4 Å². The van der Waals surface area contributed by atoms with Gasteiger partial charge in [0.05, 0.1) is 6.42 Å². The molecule has 5 heteroatoms. The number of ether oxygens (including phenoxy) is 1. The highest BCUT2D eigenvalue weighted by Gasteiger charge is 2.22. The number of anilines is 1. The summed E-state index contributed by atoms with van der Waals surface area (Å²) in [6.45, 7) is 2.29. The summed E-state index contributed by atoms with van der Waals surface area (Å²) in [5.41, 5.74) is 3.05. The molecule has 1 aliphatic rings. The Labute approximate surface area is 152 Å². The van der Waals surface area contributed by atoms with E-state index in [4.69, 9.17) is 4.74 Å². The fourth-order valence-corrected chi connectivity index (χ4v) is 3.01. The van der Waals surface area contributed by atoms with Gasteiger partial charge >= 0.3 is 5.97 Å². The first-order valence-electron chi connectivity index (χ1n) is 8.68. The fraction of sp³-hybridized carbons (Fsp3) is 0.286. The third-order valence-corrected chi connectivity index (χ3v) is 4.51. The molecule has 2 aromatic rings. The molecule has 134 valence electrons. The monoisotopic (exact) mass is 351 g/mol. The molecule has 0 aliphatic carbocycles. The molecular formula is C21H21NO4. The molecule has 5 nitrogen and oxygen atoms in total. The van der Waals surface area contributed by atoms with Gasteiger partial charge in [-0.1, -0.05) is 36.4 Å². The molecule has 2 aromatic carbocycles. The van der Waals surface area contributed by atoms with E-state index in [-0.39, 0.29) is 24.7 Å². The van der Waals surface area contributed by atoms with Crippen molar-refractivity contribution >= 4 is 23.3 Å². The van der Waals surface area contributed by atoms with E-state index in [0.717, 1.165) is 17.5 Å². The first-order chi connectivity index (χ1) is 12.5.